The Morgan fingerprint density at radius 2 is 1.94 bits per heavy atom. The van der Waals surface area contributed by atoms with Crippen molar-refractivity contribution in [2.75, 3.05) is 4.90 Å². The van der Waals surface area contributed by atoms with Gasteiger partial charge in [-0.15, -0.1) is 0 Å². The molecule has 2 aromatic rings. The van der Waals surface area contributed by atoms with E-state index in [-0.39, 0.29) is 6.17 Å². The third-order valence-corrected chi connectivity index (χ3v) is 4.04. The fourth-order valence-electron chi connectivity index (χ4n) is 2.77. The monoisotopic (exact) mass is 298 g/mol. The molecule has 0 bridgehead atoms. The first-order valence-corrected chi connectivity index (χ1v) is 6.74. The van der Waals surface area contributed by atoms with Gasteiger partial charge < -0.3 is 10.2 Å². The maximum Gasteiger partial charge on any atom is 0.130 e. The highest BCUT2D eigenvalue weighted by atomic mass is 79.9. The molecule has 0 saturated carbocycles. The lowest BCUT2D eigenvalue weighted by atomic mass is 9.92. The number of fused-ring (bicyclic) bond motifs is 6. The molecule has 2 aliphatic rings. The van der Waals surface area contributed by atoms with Gasteiger partial charge in [-0.1, -0.05) is 40.2 Å². The van der Waals surface area contributed by atoms with E-state index in [9.17, 15) is 0 Å². The Kier molecular flexibility index (Phi) is 2.06. The summed E-state index contributed by atoms with van der Waals surface area (Å²) < 4.78 is 1.12. The van der Waals surface area contributed by atoms with Gasteiger partial charge in [-0.25, -0.2) is 0 Å². The van der Waals surface area contributed by atoms with Crippen molar-refractivity contribution >= 4 is 21.6 Å². The molecule has 2 aromatic carbocycles. The molecule has 0 aliphatic carbocycles. The molecule has 0 radical (unpaired) electrons. The van der Waals surface area contributed by atoms with Gasteiger partial charge in [0.1, 0.15) is 6.17 Å². The highest BCUT2D eigenvalue weighted by Gasteiger charge is 2.31. The van der Waals surface area contributed by atoms with Crippen molar-refractivity contribution in [1.29, 1.82) is 0 Å². The van der Waals surface area contributed by atoms with Crippen molar-refractivity contribution in [3.8, 4) is 11.1 Å². The molecule has 0 saturated heterocycles. The van der Waals surface area contributed by atoms with Crippen LogP contribution in [0, 0.1) is 0 Å². The van der Waals surface area contributed by atoms with Crippen LogP contribution in [0.2, 0.25) is 0 Å². The molecule has 4 rings (SSSR count). The Labute approximate surface area is 114 Å². The Morgan fingerprint density at radius 1 is 1.06 bits per heavy atom. The van der Waals surface area contributed by atoms with E-state index in [0.29, 0.717) is 0 Å². The molecule has 88 valence electrons. The zero-order chi connectivity index (χ0) is 12.1. The van der Waals surface area contributed by atoms with Gasteiger partial charge >= 0.3 is 0 Å². The summed E-state index contributed by atoms with van der Waals surface area (Å²) in [4.78, 5) is 2.28. The van der Waals surface area contributed by atoms with Gasteiger partial charge in [0.15, 0.2) is 0 Å². The minimum absolute atomic E-state index is 0.231. The Balaban J connectivity index is 2.06. The average Bonchev–Trinajstić information content (AvgIpc) is 2.88. The molecule has 3 heteroatoms. The molecular formula is C15H11BrN2. The minimum Gasteiger partial charge on any atom is -0.366 e. The molecule has 2 aliphatic heterocycles. The molecule has 0 fully saturated rings. The minimum atomic E-state index is 0.231. The average molecular weight is 299 g/mol. The van der Waals surface area contributed by atoms with E-state index in [4.69, 9.17) is 0 Å². The first-order valence-electron chi connectivity index (χ1n) is 5.94. The van der Waals surface area contributed by atoms with Crippen LogP contribution in [0.25, 0.3) is 11.1 Å². The summed E-state index contributed by atoms with van der Waals surface area (Å²) in [5.74, 6) is 0. The number of rotatable bonds is 0. The number of hydrogen-bond acceptors (Lipinski definition) is 2. The number of hydrogen-bond donors (Lipinski definition) is 1. The first kappa shape index (κ1) is 10.2. The van der Waals surface area contributed by atoms with Crippen LogP contribution in [-0.4, -0.2) is 0 Å². The molecular weight excluding hydrogens is 288 g/mol. The predicted molar refractivity (Wildman–Crippen MR) is 77.1 cm³/mol. The van der Waals surface area contributed by atoms with Crippen LogP contribution in [0.15, 0.2) is 59.3 Å². The van der Waals surface area contributed by atoms with Crippen molar-refractivity contribution < 1.29 is 0 Å². The van der Waals surface area contributed by atoms with Crippen molar-refractivity contribution in [2.24, 2.45) is 0 Å². The standard InChI is InChI=1S/C15H11BrN2/c16-10-5-6-14-13(9-10)11-3-1-2-4-12(11)15-17-7-8-18(14)15/h1-9,15,17H. The van der Waals surface area contributed by atoms with Gasteiger partial charge in [0.05, 0.1) is 5.69 Å². The summed E-state index contributed by atoms with van der Waals surface area (Å²) in [6, 6.07) is 15.0. The van der Waals surface area contributed by atoms with Crippen LogP contribution in [0.4, 0.5) is 5.69 Å². The molecule has 2 heterocycles. The lowest BCUT2D eigenvalue weighted by molar-refractivity contribution is 0.663. The van der Waals surface area contributed by atoms with Crippen LogP contribution in [0.5, 0.6) is 0 Å². The molecule has 2 nitrogen and oxygen atoms in total. The van der Waals surface area contributed by atoms with E-state index in [1.165, 1.54) is 22.4 Å². The topological polar surface area (TPSA) is 15.3 Å². The van der Waals surface area contributed by atoms with Gasteiger partial charge in [0, 0.05) is 28.0 Å². The summed E-state index contributed by atoms with van der Waals surface area (Å²) in [7, 11) is 0. The summed E-state index contributed by atoms with van der Waals surface area (Å²) in [6.45, 7) is 0. The molecule has 1 atom stereocenters. The molecule has 0 aromatic heterocycles. The lowest BCUT2D eigenvalue weighted by Crippen LogP contribution is -2.30. The summed E-state index contributed by atoms with van der Waals surface area (Å²) in [6.07, 6.45) is 4.35. The van der Waals surface area contributed by atoms with Crippen molar-refractivity contribution in [1.82, 2.24) is 5.32 Å². The van der Waals surface area contributed by atoms with Crippen LogP contribution in [-0.2, 0) is 0 Å². The fraction of sp³-hybridized carbons (Fsp3) is 0.0667. The quantitative estimate of drug-likeness (QED) is 0.790. The van der Waals surface area contributed by atoms with E-state index in [1.807, 2.05) is 6.20 Å². The maximum absolute atomic E-state index is 3.56. The van der Waals surface area contributed by atoms with Crippen molar-refractivity contribution in [3.63, 3.8) is 0 Å². The van der Waals surface area contributed by atoms with E-state index in [1.54, 1.807) is 0 Å². The smallest absolute Gasteiger partial charge is 0.130 e. The van der Waals surface area contributed by atoms with E-state index in [2.05, 4.69) is 74.8 Å². The van der Waals surface area contributed by atoms with Crippen LogP contribution in [0.1, 0.15) is 11.7 Å². The van der Waals surface area contributed by atoms with Crippen LogP contribution >= 0.6 is 15.9 Å². The summed E-state index contributed by atoms with van der Waals surface area (Å²) in [5, 5.41) is 3.40. The number of nitrogens with one attached hydrogen (secondary N) is 1. The summed E-state index contributed by atoms with van der Waals surface area (Å²) in [5.41, 5.74) is 5.17. The van der Waals surface area contributed by atoms with Crippen LogP contribution < -0.4 is 10.2 Å². The zero-order valence-electron chi connectivity index (χ0n) is 9.60. The second-order valence-electron chi connectivity index (χ2n) is 4.54. The van der Waals surface area contributed by atoms with Gasteiger partial charge in [0.2, 0.25) is 0 Å². The Hall–Kier alpha value is -1.74. The van der Waals surface area contributed by atoms with E-state index >= 15 is 0 Å². The summed E-state index contributed by atoms with van der Waals surface area (Å²) >= 11 is 3.56. The van der Waals surface area contributed by atoms with E-state index in [0.717, 1.165) is 4.47 Å². The largest absolute Gasteiger partial charge is 0.366 e. The molecule has 0 spiro atoms. The Morgan fingerprint density at radius 3 is 2.89 bits per heavy atom. The molecule has 1 unspecified atom stereocenters. The van der Waals surface area contributed by atoms with Gasteiger partial charge in [-0.05, 0) is 23.8 Å². The fourth-order valence-corrected chi connectivity index (χ4v) is 3.13. The number of halogens is 1. The van der Waals surface area contributed by atoms with Crippen LogP contribution in [0.3, 0.4) is 0 Å². The third kappa shape index (κ3) is 1.28. The van der Waals surface area contributed by atoms with E-state index < -0.39 is 0 Å². The lowest BCUT2D eigenvalue weighted by Gasteiger charge is -2.34. The first-order chi connectivity index (χ1) is 8.84. The molecule has 0 amide bonds. The second kappa shape index (κ2) is 3.62. The predicted octanol–water partition coefficient (Wildman–Crippen LogP) is 4.01. The highest BCUT2D eigenvalue weighted by Crippen LogP contribution is 2.45. The molecule has 1 N–H and O–H groups in total. The number of nitrogens with zero attached hydrogens (tertiary/aromatic N) is 1. The third-order valence-electron chi connectivity index (χ3n) is 3.55. The number of anilines is 1. The van der Waals surface area contributed by atoms with Crippen molar-refractivity contribution in [2.45, 2.75) is 6.17 Å². The van der Waals surface area contributed by atoms with Gasteiger partial charge in [-0.2, -0.15) is 0 Å². The highest BCUT2D eigenvalue weighted by molar-refractivity contribution is 9.10. The SMILES string of the molecule is Brc1ccc2c(c1)-c1ccccc1C1NC=CN21. The Bertz CT molecular complexity index is 663. The maximum atomic E-state index is 3.56. The normalized spacial score (nSPS) is 18.9. The molecule has 18 heavy (non-hydrogen) atoms. The van der Waals surface area contributed by atoms with Gasteiger partial charge in [0.25, 0.3) is 0 Å². The zero-order valence-corrected chi connectivity index (χ0v) is 11.2. The number of benzene rings is 2. The van der Waals surface area contributed by atoms with Crippen molar-refractivity contribution in [3.05, 3.63) is 64.9 Å². The second-order valence-corrected chi connectivity index (χ2v) is 5.46. The van der Waals surface area contributed by atoms with Gasteiger partial charge in [-0.3, -0.25) is 0 Å².